The van der Waals surface area contributed by atoms with Gasteiger partial charge in [0, 0.05) is 16.7 Å². The lowest BCUT2D eigenvalue weighted by molar-refractivity contribution is 0.0698. The van der Waals surface area contributed by atoms with Gasteiger partial charge in [-0.05, 0) is 47.0 Å². The molecule has 1 aromatic heterocycles. The number of halogens is 1. The van der Waals surface area contributed by atoms with Gasteiger partial charge in [0.05, 0.1) is 11.3 Å². The van der Waals surface area contributed by atoms with Gasteiger partial charge in [0.15, 0.2) is 0 Å². The number of anilines is 1. The van der Waals surface area contributed by atoms with Crippen LogP contribution in [0.2, 0.25) is 0 Å². The summed E-state index contributed by atoms with van der Waals surface area (Å²) >= 11 is 3.38. The number of hydrogen-bond donors (Lipinski definition) is 2. The van der Waals surface area contributed by atoms with Crippen molar-refractivity contribution >= 4 is 33.5 Å². The summed E-state index contributed by atoms with van der Waals surface area (Å²) in [6, 6.07) is 8.48. The van der Waals surface area contributed by atoms with Crippen LogP contribution in [0, 0.1) is 0 Å². The molecular weight excluding hydrogens is 336 g/mol. The second kappa shape index (κ2) is 5.37. The quantitative estimate of drug-likeness (QED) is 0.887. The number of nitrogens with one attached hydrogen (secondary N) is 1. The zero-order valence-electron chi connectivity index (χ0n) is 11.0. The third-order valence-electron chi connectivity index (χ3n) is 3.39. The molecule has 21 heavy (non-hydrogen) atoms. The van der Waals surface area contributed by atoms with Crippen molar-refractivity contribution in [1.29, 1.82) is 0 Å². The molecule has 0 bridgehead atoms. The lowest BCUT2D eigenvalue weighted by atomic mass is 10.2. The van der Waals surface area contributed by atoms with E-state index in [4.69, 9.17) is 5.11 Å². The molecule has 0 saturated heterocycles. The largest absolute Gasteiger partial charge is 0.478 e. The molecule has 0 atom stereocenters. The number of carboxylic acids is 1. The molecule has 1 heterocycles. The van der Waals surface area contributed by atoms with Crippen LogP contribution in [-0.4, -0.2) is 21.6 Å². The molecule has 1 aromatic carbocycles. The number of carboxylic acid groups (broad SMARTS) is 1. The van der Waals surface area contributed by atoms with Gasteiger partial charge in [-0.2, -0.15) is 0 Å². The van der Waals surface area contributed by atoms with E-state index < -0.39 is 5.97 Å². The van der Waals surface area contributed by atoms with Gasteiger partial charge in [-0.25, -0.2) is 4.79 Å². The highest BCUT2D eigenvalue weighted by atomic mass is 79.9. The minimum atomic E-state index is -1.07. The first-order valence-corrected chi connectivity index (χ1v) is 7.36. The number of rotatable bonds is 4. The summed E-state index contributed by atoms with van der Waals surface area (Å²) in [5, 5.41) is 11.8. The van der Waals surface area contributed by atoms with Crippen LogP contribution in [0.5, 0.6) is 0 Å². The van der Waals surface area contributed by atoms with Gasteiger partial charge in [0.25, 0.3) is 5.91 Å². The molecule has 1 amide bonds. The van der Waals surface area contributed by atoms with E-state index in [1.54, 1.807) is 24.3 Å². The Morgan fingerprint density at radius 3 is 2.67 bits per heavy atom. The van der Waals surface area contributed by atoms with Crippen LogP contribution in [0.1, 0.15) is 39.7 Å². The standard InChI is InChI=1S/C15H13BrN2O3/c16-9-7-13(18(8-9)10-5-6-10)14(19)17-12-4-2-1-3-11(12)15(20)21/h1-4,7-8,10H,5-6H2,(H,17,19)(H,20,21). The molecule has 0 unspecified atom stereocenters. The van der Waals surface area contributed by atoms with Crippen LogP contribution < -0.4 is 5.32 Å². The maximum atomic E-state index is 12.4. The Bertz CT molecular complexity index is 719. The summed E-state index contributed by atoms with van der Waals surface area (Å²) < 4.78 is 2.77. The summed E-state index contributed by atoms with van der Waals surface area (Å²) in [7, 11) is 0. The summed E-state index contributed by atoms with van der Waals surface area (Å²) in [4.78, 5) is 23.6. The summed E-state index contributed by atoms with van der Waals surface area (Å²) in [6.07, 6.45) is 4.01. The predicted molar refractivity (Wildman–Crippen MR) is 81.8 cm³/mol. The number of carbonyl (C=O) groups excluding carboxylic acids is 1. The Morgan fingerprint density at radius 1 is 1.29 bits per heavy atom. The molecule has 1 saturated carbocycles. The molecule has 0 spiro atoms. The van der Waals surface area contributed by atoms with E-state index >= 15 is 0 Å². The van der Waals surface area contributed by atoms with E-state index in [0.717, 1.165) is 17.3 Å². The van der Waals surface area contributed by atoms with Crippen LogP contribution in [-0.2, 0) is 0 Å². The second-order valence-electron chi connectivity index (χ2n) is 4.99. The molecule has 2 aromatic rings. The number of amides is 1. The molecule has 0 radical (unpaired) electrons. The van der Waals surface area contributed by atoms with Crippen molar-refractivity contribution in [3.05, 3.63) is 52.3 Å². The fourth-order valence-corrected chi connectivity index (χ4v) is 2.68. The normalized spacial score (nSPS) is 14.0. The zero-order valence-corrected chi connectivity index (χ0v) is 12.6. The van der Waals surface area contributed by atoms with Gasteiger partial charge in [-0.1, -0.05) is 12.1 Å². The molecule has 0 aliphatic heterocycles. The molecule has 1 aliphatic carbocycles. The third kappa shape index (κ3) is 2.85. The Labute approximate surface area is 129 Å². The van der Waals surface area contributed by atoms with Crippen molar-refractivity contribution < 1.29 is 14.7 Å². The summed E-state index contributed by atoms with van der Waals surface area (Å²) in [5.74, 6) is -1.37. The van der Waals surface area contributed by atoms with Crippen LogP contribution >= 0.6 is 15.9 Å². The van der Waals surface area contributed by atoms with Crippen LogP contribution in [0.15, 0.2) is 41.0 Å². The van der Waals surface area contributed by atoms with E-state index in [-0.39, 0.29) is 11.5 Å². The average molecular weight is 349 g/mol. The van der Waals surface area contributed by atoms with Gasteiger partial charge in [-0.15, -0.1) is 0 Å². The first kappa shape index (κ1) is 13.9. The van der Waals surface area contributed by atoms with E-state index in [0.29, 0.717) is 17.4 Å². The van der Waals surface area contributed by atoms with Gasteiger partial charge >= 0.3 is 5.97 Å². The SMILES string of the molecule is O=C(O)c1ccccc1NC(=O)c1cc(Br)cn1C1CC1. The number of aromatic nitrogens is 1. The molecule has 108 valence electrons. The topological polar surface area (TPSA) is 71.3 Å². The number of nitrogens with zero attached hydrogens (tertiary/aromatic N) is 1. The summed E-state index contributed by atoms with van der Waals surface area (Å²) in [5.41, 5.74) is 0.911. The van der Waals surface area contributed by atoms with Gasteiger partial charge in [-0.3, -0.25) is 4.79 Å². The van der Waals surface area contributed by atoms with Crippen molar-refractivity contribution in [3.63, 3.8) is 0 Å². The highest BCUT2D eigenvalue weighted by Crippen LogP contribution is 2.37. The van der Waals surface area contributed by atoms with E-state index in [9.17, 15) is 9.59 Å². The molecule has 6 heteroatoms. The van der Waals surface area contributed by atoms with Gasteiger partial charge in [0.1, 0.15) is 5.69 Å². The van der Waals surface area contributed by atoms with Crippen molar-refractivity contribution in [2.75, 3.05) is 5.32 Å². The minimum Gasteiger partial charge on any atom is -0.478 e. The van der Waals surface area contributed by atoms with E-state index in [1.165, 1.54) is 6.07 Å². The Hall–Kier alpha value is -2.08. The smallest absolute Gasteiger partial charge is 0.337 e. The van der Waals surface area contributed by atoms with Crippen LogP contribution in [0.3, 0.4) is 0 Å². The average Bonchev–Trinajstić information content (AvgIpc) is 3.21. The molecule has 1 aliphatic rings. The zero-order chi connectivity index (χ0) is 15.0. The number of aromatic carboxylic acids is 1. The molecule has 1 fully saturated rings. The second-order valence-corrected chi connectivity index (χ2v) is 5.90. The maximum Gasteiger partial charge on any atom is 0.337 e. The number of para-hydroxylation sites is 1. The maximum absolute atomic E-state index is 12.4. The lowest BCUT2D eigenvalue weighted by Crippen LogP contribution is -2.18. The first-order chi connectivity index (χ1) is 10.1. The lowest BCUT2D eigenvalue weighted by Gasteiger charge is -2.10. The fraction of sp³-hybridized carbons (Fsp3) is 0.200. The van der Waals surface area contributed by atoms with Crippen molar-refractivity contribution in [2.24, 2.45) is 0 Å². The Morgan fingerprint density at radius 2 is 2.00 bits per heavy atom. The Balaban J connectivity index is 1.89. The van der Waals surface area contributed by atoms with E-state index in [2.05, 4.69) is 21.2 Å². The monoisotopic (exact) mass is 348 g/mol. The molecule has 2 N–H and O–H groups in total. The van der Waals surface area contributed by atoms with Crippen LogP contribution in [0.4, 0.5) is 5.69 Å². The van der Waals surface area contributed by atoms with Crippen molar-refractivity contribution in [2.45, 2.75) is 18.9 Å². The highest BCUT2D eigenvalue weighted by Gasteiger charge is 2.28. The number of hydrogen-bond acceptors (Lipinski definition) is 2. The third-order valence-corrected chi connectivity index (χ3v) is 3.83. The summed E-state index contributed by atoms with van der Waals surface area (Å²) in [6.45, 7) is 0. The fourth-order valence-electron chi connectivity index (χ4n) is 2.25. The minimum absolute atomic E-state index is 0.0782. The molecular formula is C15H13BrN2O3. The van der Waals surface area contributed by atoms with Gasteiger partial charge < -0.3 is 15.0 Å². The molecule has 3 rings (SSSR count). The van der Waals surface area contributed by atoms with E-state index in [1.807, 2.05) is 10.8 Å². The first-order valence-electron chi connectivity index (χ1n) is 6.57. The van der Waals surface area contributed by atoms with Crippen molar-refractivity contribution in [3.8, 4) is 0 Å². The highest BCUT2D eigenvalue weighted by molar-refractivity contribution is 9.10. The predicted octanol–water partition coefficient (Wildman–Crippen LogP) is 3.54. The van der Waals surface area contributed by atoms with Gasteiger partial charge in [0.2, 0.25) is 0 Å². The number of carbonyl (C=O) groups is 2. The Kier molecular flexibility index (Phi) is 3.55. The number of benzene rings is 1. The van der Waals surface area contributed by atoms with Crippen molar-refractivity contribution in [1.82, 2.24) is 4.57 Å². The molecule has 5 nitrogen and oxygen atoms in total. The van der Waals surface area contributed by atoms with Crippen LogP contribution in [0.25, 0.3) is 0 Å².